The van der Waals surface area contributed by atoms with Gasteiger partial charge in [-0.25, -0.2) is 0 Å². The molecule has 0 spiro atoms. The molecule has 106 valence electrons. The summed E-state index contributed by atoms with van der Waals surface area (Å²) in [5.41, 5.74) is 8.16. The lowest BCUT2D eigenvalue weighted by Crippen LogP contribution is -2.28. The van der Waals surface area contributed by atoms with Crippen LogP contribution >= 0.6 is 11.6 Å². The third-order valence-electron chi connectivity index (χ3n) is 3.59. The number of rotatable bonds is 4. The standard InChI is InChI=1S/C16H19ClN2O/c1-3-11(2)19-15(9-6-13(10-18)16(19)20)12-4-7-14(17)8-5-12/h4-9,11H,3,10,18H2,1-2H3. The first-order chi connectivity index (χ1) is 9.58. The molecule has 1 aromatic heterocycles. The third kappa shape index (κ3) is 2.79. The summed E-state index contributed by atoms with van der Waals surface area (Å²) in [6, 6.07) is 11.4. The predicted molar refractivity (Wildman–Crippen MR) is 84.0 cm³/mol. The van der Waals surface area contributed by atoms with Crippen molar-refractivity contribution >= 4 is 11.6 Å². The second-order valence-corrected chi connectivity index (χ2v) is 5.32. The van der Waals surface area contributed by atoms with Crippen LogP contribution in [-0.2, 0) is 6.54 Å². The maximum atomic E-state index is 12.5. The van der Waals surface area contributed by atoms with Gasteiger partial charge in [-0.15, -0.1) is 0 Å². The zero-order chi connectivity index (χ0) is 14.7. The van der Waals surface area contributed by atoms with E-state index in [0.717, 1.165) is 17.7 Å². The van der Waals surface area contributed by atoms with Gasteiger partial charge in [0.2, 0.25) is 0 Å². The minimum atomic E-state index is -0.00528. The van der Waals surface area contributed by atoms with Crippen LogP contribution in [0.1, 0.15) is 31.9 Å². The van der Waals surface area contributed by atoms with Gasteiger partial charge in [-0.3, -0.25) is 4.79 Å². The molecule has 0 bridgehead atoms. The van der Waals surface area contributed by atoms with Gasteiger partial charge >= 0.3 is 0 Å². The molecule has 3 nitrogen and oxygen atoms in total. The van der Waals surface area contributed by atoms with Crippen molar-refractivity contribution in [1.29, 1.82) is 0 Å². The van der Waals surface area contributed by atoms with E-state index in [-0.39, 0.29) is 18.1 Å². The number of nitrogens with two attached hydrogens (primary N) is 1. The fourth-order valence-corrected chi connectivity index (χ4v) is 2.35. The van der Waals surface area contributed by atoms with E-state index in [1.165, 1.54) is 0 Å². The Balaban J connectivity index is 2.66. The Bertz CT molecular complexity index is 647. The van der Waals surface area contributed by atoms with Crippen molar-refractivity contribution in [2.24, 2.45) is 5.73 Å². The van der Waals surface area contributed by atoms with Gasteiger partial charge in [0.05, 0.1) is 5.69 Å². The molecular weight excluding hydrogens is 272 g/mol. The molecule has 0 radical (unpaired) electrons. The van der Waals surface area contributed by atoms with E-state index in [0.29, 0.717) is 10.6 Å². The van der Waals surface area contributed by atoms with Gasteiger partial charge in [-0.05, 0) is 37.1 Å². The van der Waals surface area contributed by atoms with Crippen molar-refractivity contribution in [3.8, 4) is 11.3 Å². The zero-order valence-corrected chi connectivity index (χ0v) is 12.5. The number of benzene rings is 1. The quantitative estimate of drug-likeness (QED) is 0.935. The van der Waals surface area contributed by atoms with Crippen molar-refractivity contribution in [3.05, 3.63) is 57.3 Å². The van der Waals surface area contributed by atoms with E-state index in [1.807, 2.05) is 47.9 Å². The monoisotopic (exact) mass is 290 g/mol. The Hall–Kier alpha value is -1.58. The van der Waals surface area contributed by atoms with Crippen molar-refractivity contribution in [2.75, 3.05) is 0 Å². The minimum absolute atomic E-state index is 0.00528. The second kappa shape index (κ2) is 6.25. The average molecular weight is 291 g/mol. The lowest BCUT2D eigenvalue weighted by molar-refractivity contribution is 0.516. The summed E-state index contributed by atoms with van der Waals surface area (Å²) in [5.74, 6) is 0. The number of halogens is 1. The van der Waals surface area contributed by atoms with Gasteiger partial charge in [-0.2, -0.15) is 0 Å². The summed E-state index contributed by atoms with van der Waals surface area (Å²) in [6.45, 7) is 4.37. The van der Waals surface area contributed by atoms with E-state index in [2.05, 4.69) is 6.92 Å². The van der Waals surface area contributed by atoms with Gasteiger partial charge in [0.15, 0.2) is 0 Å². The number of aromatic nitrogens is 1. The fourth-order valence-electron chi connectivity index (χ4n) is 2.23. The molecule has 1 atom stereocenters. The van der Waals surface area contributed by atoms with Gasteiger partial charge in [0.25, 0.3) is 5.56 Å². The van der Waals surface area contributed by atoms with Crippen molar-refractivity contribution in [2.45, 2.75) is 32.9 Å². The highest BCUT2D eigenvalue weighted by Gasteiger charge is 2.13. The molecule has 0 amide bonds. The van der Waals surface area contributed by atoms with Crippen LogP contribution in [0.5, 0.6) is 0 Å². The molecule has 1 heterocycles. The molecule has 1 unspecified atom stereocenters. The smallest absolute Gasteiger partial charge is 0.255 e. The molecule has 0 saturated carbocycles. The maximum absolute atomic E-state index is 12.5. The Morgan fingerprint density at radius 3 is 2.40 bits per heavy atom. The normalized spacial score (nSPS) is 12.4. The molecule has 2 rings (SSSR count). The molecule has 1 aromatic carbocycles. The first-order valence-electron chi connectivity index (χ1n) is 6.79. The topological polar surface area (TPSA) is 48.0 Å². The first kappa shape index (κ1) is 14.8. The second-order valence-electron chi connectivity index (χ2n) is 4.89. The molecule has 0 aliphatic carbocycles. The minimum Gasteiger partial charge on any atom is -0.326 e. The molecule has 20 heavy (non-hydrogen) atoms. The van der Waals surface area contributed by atoms with Gasteiger partial charge in [0.1, 0.15) is 0 Å². The number of pyridine rings is 1. The van der Waals surface area contributed by atoms with Crippen molar-refractivity contribution in [3.63, 3.8) is 0 Å². The lowest BCUT2D eigenvalue weighted by Gasteiger charge is -2.20. The summed E-state index contributed by atoms with van der Waals surface area (Å²) in [7, 11) is 0. The van der Waals surface area contributed by atoms with Crippen LogP contribution < -0.4 is 11.3 Å². The fraction of sp³-hybridized carbons (Fsp3) is 0.312. The zero-order valence-electron chi connectivity index (χ0n) is 11.8. The largest absolute Gasteiger partial charge is 0.326 e. The summed E-state index contributed by atoms with van der Waals surface area (Å²) in [4.78, 5) is 12.5. The maximum Gasteiger partial charge on any atom is 0.255 e. The molecule has 4 heteroatoms. The molecular formula is C16H19ClN2O. The third-order valence-corrected chi connectivity index (χ3v) is 3.84. The van der Waals surface area contributed by atoms with Crippen LogP contribution in [0.4, 0.5) is 0 Å². The van der Waals surface area contributed by atoms with E-state index >= 15 is 0 Å². The molecule has 2 aromatic rings. The van der Waals surface area contributed by atoms with Gasteiger partial charge in [0, 0.05) is 23.2 Å². The van der Waals surface area contributed by atoms with E-state index in [4.69, 9.17) is 17.3 Å². The summed E-state index contributed by atoms with van der Waals surface area (Å²) >= 11 is 5.92. The molecule has 2 N–H and O–H groups in total. The number of hydrogen-bond donors (Lipinski definition) is 1. The van der Waals surface area contributed by atoms with Crippen molar-refractivity contribution in [1.82, 2.24) is 4.57 Å². The van der Waals surface area contributed by atoms with Crippen LogP contribution in [0.3, 0.4) is 0 Å². The van der Waals surface area contributed by atoms with E-state index in [9.17, 15) is 4.79 Å². The van der Waals surface area contributed by atoms with Crippen LogP contribution in [0, 0.1) is 0 Å². The molecule has 0 aliphatic heterocycles. The Labute approximate surface area is 124 Å². The van der Waals surface area contributed by atoms with E-state index < -0.39 is 0 Å². The Kier molecular flexibility index (Phi) is 4.63. The molecule has 0 fully saturated rings. The highest BCUT2D eigenvalue weighted by molar-refractivity contribution is 6.30. The molecule has 0 saturated heterocycles. The number of nitrogens with zero attached hydrogens (tertiary/aromatic N) is 1. The Morgan fingerprint density at radius 2 is 1.85 bits per heavy atom. The number of hydrogen-bond acceptors (Lipinski definition) is 2. The first-order valence-corrected chi connectivity index (χ1v) is 7.16. The van der Waals surface area contributed by atoms with Crippen LogP contribution in [0.25, 0.3) is 11.3 Å². The summed E-state index contributed by atoms with van der Waals surface area (Å²) < 4.78 is 1.82. The Morgan fingerprint density at radius 1 is 1.20 bits per heavy atom. The summed E-state index contributed by atoms with van der Waals surface area (Å²) in [5, 5.41) is 0.685. The SMILES string of the molecule is CCC(C)n1c(-c2ccc(Cl)cc2)ccc(CN)c1=O. The van der Waals surface area contributed by atoms with Gasteiger partial charge < -0.3 is 10.3 Å². The van der Waals surface area contributed by atoms with E-state index in [1.54, 1.807) is 0 Å². The van der Waals surface area contributed by atoms with Crippen LogP contribution in [0.2, 0.25) is 5.02 Å². The van der Waals surface area contributed by atoms with Crippen LogP contribution in [-0.4, -0.2) is 4.57 Å². The highest BCUT2D eigenvalue weighted by atomic mass is 35.5. The van der Waals surface area contributed by atoms with Crippen molar-refractivity contribution < 1.29 is 0 Å². The van der Waals surface area contributed by atoms with Gasteiger partial charge in [-0.1, -0.05) is 36.7 Å². The lowest BCUT2D eigenvalue weighted by atomic mass is 10.1. The average Bonchev–Trinajstić information content (AvgIpc) is 2.47. The predicted octanol–water partition coefficient (Wildman–Crippen LogP) is 3.60. The molecule has 0 aliphatic rings. The van der Waals surface area contributed by atoms with Crippen LogP contribution in [0.15, 0.2) is 41.2 Å². The summed E-state index contributed by atoms with van der Waals surface area (Å²) in [6.07, 6.45) is 0.883. The highest BCUT2D eigenvalue weighted by Crippen LogP contribution is 2.24.